The summed E-state index contributed by atoms with van der Waals surface area (Å²) < 4.78 is 11.0. The Morgan fingerprint density at radius 2 is 1.75 bits per heavy atom. The number of amides is 2. The maximum absolute atomic E-state index is 12.0. The topological polar surface area (TPSA) is 76.7 Å². The minimum atomic E-state index is -0.837. The minimum Gasteiger partial charge on any atom is -0.492 e. The molecule has 150 valence electrons. The molecule has 28 heavy (non-hydrogen) atoms. The molecular weight excluding hydrogens is 427 g/mol. The number of para-hydroxylation sites is 1. The number of rotatable bonds is 8. The van der Waals surface area contributed by atoms with Gasteiger partial charge in [-0.15, -0.1) is 0 Å². The van der Waals surface area contributed by atoms with E-state index in [1.165, 1.54) is 0 Å². The average Bonchev–Trinajstić information content (AvgIpc) is 2.66. The highest BCUT2D eigenvalue weighted by Crippen LogP contribution is 2.27. The van der Waals surface area contributed by atoms with E-state index in [1.807, 2.05) is 0 Å². The molecule has 0 saturated heterocycles. The van der Waals surface area contributed by atoms with Gasteiger partial charge in [0.25, 0.3) is 5.91 Å². The quantitative estimate of drug-likeness (QED) is 0.466. The van der Waals surface area contributed by atoms with Gasteiger partial charge in [0.05, 0.1) is 16.7 Å². The van der Waals surface area contributed by atoms with Crippen molar-refractivity contribution in [3.63, 3.8) is 0 Å². The summed E-state index contributed by atoms with van der Waals surface area (Å²) in [5.74, 6) is 0.0167. The van der Waals surface area contributed by atoms with Crippen LogP contribution in [0.1, 0.15) is 19.8 Å². The molecule has 2 amide bonds. The Balaban J connectivity index is 1.66. The predicted molar refractivity (Wildman–Crippen MR) is 109 cm³/mol. The van der Waals surface area contributed by atoms with Crippen molar-refractivity contribution < 1.29 is 19.1 Å². The van der Waals surface area contributed by atoms with Crippen molar-refractivity contribution in [3.8, 4) is 11.5 Å². The first-order valence-electron chi connectivity index (χ1n) is 8.44. The van der Waals surface area contributed by atoms with Gasteiger partial charge < -0.3 is 9.47 Å². The molecule has 0 heterocycles. The molecule has 0 aliphatic rings. The van der Waals surface area contributed by atoms with Gasteiger partial charge >= 0.3 is 0 Å². The van der Waals surface area contributed by atoms with E-state index in [4.69, 9.17) is 44.3 Å². The number of hydrogen-bond acceptors (Lipinski definition) is 4. The van der Waals surface area contributed by atoms with E-state index in [0.29, 0.717) is 33.0 Å². The van der Waals surface area contributed by atoms with Gasteiger partial charge in [-0.25, -0.2) is 0 Å². The summed E-state index contributed by atoms with van der Waals surface area (Å²) in [7, 11) is 0. The molecule has 2 N–H and O–H groups in total. The van der Waals surface area contributed by atoms with Crippen molar-refractivity contribution in [1.82, 2.24) is 10.9 Å². The van der Waals surface area contributed by atoms with E-state index in [9.17, 15) is 9.59 Å². The first-order valence-corrected chi connectivity index (χ1v) is 9.58. The predicted octanol–water partition coefficient (Wildman–Crippen LogP) is 4.42. The van der Waals surface area contributed by atoms with Gasteiger partial charge in [0.1, 0.15) is 11.5 Å². The van der Waals surface area contributed by atoms with Gasteiger partial charge in [-0.05, 0) is 43.7 Å². The summed E-state index contributed by atoms with van der Waals surface area (Å²) >= 11 is 17.8. The van der Waals surface area contributed by atoms with E-state index in [2.05, 4.69) is 10.9 Å². The number of halogens is 3. The van der Waals surface area contributed by atoms with Gasteiger partial charge in [-0.2, -0.15) is 0 Å². The smallest absolute Gasteiger partial charge is 0.279 e. The van der Waals surface area contributed by atoms with E-state index in [1.54, 1.807) is 49.4 Å². The van der Waals surface area contributed by atoms with E-state index >= 15 is 0 Å². The van der Waals surface area contributed by atoms with Crippen LogP contribution in [0.4, 0.5) is 0 Å². The molecule has 2 aromatic carbocycles. The lowest BCUT2D eigenvalue weighted by molar-refractivity contribution is -0.132. The fraction of sp³-hybridized carbons (Fsp3) is 0.263. The van der Waals surface area contributed by atoms with E-state index < -0.39 is 12.0 Å². The summed E-state index contributed by atoms with van der Waals surface area (Å²) in [6.07, 6.45) is -0.243. The Morgan fingerprint density at radius 3 is 2.46 bits per heavy atom. The van der Waals surface area contributed by atoms with Gasteiger partial charge in [-0.3, -0.25) is 20.4 Å². The fourth-order valence-corrected chi connectivity index (χ4v) is 2.73. The van der Waals surface area contributed by atoms with E-state index in [-0.39, 0.29) is 18.9 Å². The number of hydrazine groups is 1. The summed E-state index contributed by atoms with van der Waals surface area (Å²) in [6.45, 7) is 1.84. The zero-order chi connectivity index (χ0) is 20.5. The summed E-state index contributed by atoms with van der Waals surface area (Å²) in [6, 6.07) is 11.7. The third-order valence-corrected chi connectivity index (χ3v) is 4.38. The van der Waals surface area contributed by atoms with Crippen molar-refractivity contribution in [3.05, 3.63) is 57.5 Å². The second kappa shape index (κ2) is 11.0. The normalized spacial score (nSPS) is 11.4. The molecular formula is C19H19Cl3N2O4. The van der Waals surface area contributed by atoms with Crippen LogP contribution < -0.4 is 20.3 Å². The third kappa shape index (κ3) is 7.11. The molecule has 2 rings (SSSR count). The molecule has 0 spiro atoms. The standard InChI is InChI=1S/C19H19Cl3N2O4/c1-12(28-17-6-3-2-5-14(17)21)19(26)24-23-18(25)7-4-10-27-16-9-8-13(20)11-15(16)22/h2-3,5-6,8-9,11-12H,4,7,10H2,1H3,(H,23,25)(H,24,26). The second-order valence-corrected chi connectivity index (χ2v) is 7.01. The molecule has 0 aliphatic carbocycles. The maximum atomic E-state index is 12.0. The first kappa shape index (κ1) is 22.1. The summed E-state index contributed by atoms with van der Waals surface area (Å²) in [5.41, 5.74) is 4.64. The van der Waals surface area contributed by atoms with Crippen LogP contribution in [0, 0.1) is 0 Å². The number of hydrogen-bond donors (Lipinski definition) is 2. The molecule has 9 heteroatoms. The highest BCUT2D eigenvalue weighted by atomic mass is 35.5. The Labute approximate surface area is 178 Å². The van der Waals surface area contributed by atoms with Crippen molar-refractivity contribution in [2.75, 3.05) is 6.61 Å². The van der Waals surface area contributed by atoms with Crippen LogP contribution in [0.5, 0.6) is 11.5 Å². The summed E-state index contributed by atoms with van der Waals surface area (Å²) in [5, 5.41) is 1.31. The third-order valence-electron chi connectivity index (χ3n) is 3.53. The zero-order valence-corrected chi connectivity index (χ0v) is 17.3. The Hall–Kier alpha value is -2.15. The van der Waals surface area contributed by atoms with Gasteiger partial charge in [0, 0.05) is 11.4 Å². The lowest BCUT2D eigenvalue weighted by atomic mass is 10.3. The van der Waals surface area contributed by atoms with Crippen molar-refractivity contribution in [2.45, 2.75) is 25.9 Å². The van der Waals surface area contributed by atoms with E-state index in [0.717, 1.165) is 0 Å². The van der Waals surface area contributed by atoms with Crippen molar-refractivity contribution in [1.29, 1.82) is 0 Å². The minimum absolute atomic E-state index is 0.158. The Kier molecular flexibility index (Phi) is 8.70. The zero-order valence-electron chi connectivity index (χ0n) is 15.0. The lowest BCUT2D eigenvalue weighted by Crippen LogP contribution is -2.47. The van der Waals surface area contributed by atoms with Crippen LogP contribution in [0.3, 0.4) is 0 Å². The molecule has 0 saturated carbocycles. The van der Waals surface area contributed by atoms with Crippen LogP contribution >= 0.6 is 34.8 Å². The number of ether oxygens (including phenoxy) is 2. The van der Waals surface area contributed by atoms with Crippen LogP contribution in [-0.2, 0) is 9.59 Å². The molecule has 0 fully saturated rings. The summed E-state index contributed by atoms with van der Waals surface area (Å²) in [4.78, 5) is 23.8. The highest BCUT2D eigenvalue weighted by molar-refractivity contribution is 6.35. The van der Waals surface area contributed by atoms with Crippen LogP contribution in [0.15, 0.2) is 42.5 Å². The van der Waals surface area contributed by atoms with Crippen molar-refractivity contribution in [2.24, 2.45) is 0 Å². The molecule has 0 radical (unpaired) electrons. The number of benzene rings is 2. The van der Waals surface area contributed by atoms with Gasteiger partial charge in [-0.1, -0.05) is 46.9 Å². The number of carbonyl (C=O) groups is 2. The lowest BCUT2D eigenvalue weighted by Gasteiger charge is -2.16. The average molecular weight is 446 g/mol. The molecule has 1 unspecified atom stereocenters. The monoisotopic (exact) mass is 444 g/mol. The van der Waals surface area contributed by atoms with Crippen molar-refractivity contribution >= 4 is 46.6 Å². The Morgan fingerprint density at radius 1 is 1.00 bits per heavy atom. The first-order chi connectivity index (χ1) is 13.4. The Bertz CT molecular complexity index is 833. The highest BCUT2D eigenvalue weighted by Gasteiger charge is 2.16. The second-order valence-electron chi connectivity index (χ2n) is 5.75. The number of nitrogens with one attached hydrogen (secondary N) is 2. The molecule has 0 aliphatic heterocycles. The molecule has 2 aromatic rings. The largest absolute Gasteiger partial charge is 0.492 e. The SMILES string of the molecule is CC(Oc1ccccc1Cl)C(=O)NNC(=O)CCCOc1ccc(Cl)cc1Cl. The molecule has 6 nitrogen and oxygen atoms in total. The van der Waals surface area contributed by atoms with Crippen LogP contribution in [-0.4, -0.2) is 24.5 Å². The van der Waals surface area contributed by atoms with Gasteiger partial charge in [0.2, 0.25) is 5.91 Å². The molecule has 0 bridgehead atoms. The fourth-order valence-electron chi connectivity index (χ4n) is 2.09. The maximum Gasteiger partial charge on any atom is 0.279 e. The van der Waals surface area contributed by atoms with Crippen LogP contribution in [0.25, 0.3) is 0 Å². The molecule has 0 aromatic heterocycles. The number of carbonyl (C=O) groups excluding carboxylic acids is 2. The molecule has 1 atom stereocenters. The van der Waals surface area contributed by atoms with Crippen LogP contribution in [0.2, 0.25) is 15.1 Å². The van der Waals surface area contributed by atoms with Gasteiger partial charge in [0.15, 0.2) is 6.10 Å².